The van der Waals surface area contributed by atoms with Crippen molar-refractivity contribution in [2.24, 2.45) is 17.8 Å². The number of esters is 1. The Morgan fingerprint density at radius 1 is 1.20 bits per heavy atom. The van der Waals surface area contributed by atoms with E-state index in [1.165, 1.54) is 19.3 Å². The lowest BCUT2D eigenvalue weighted by Crippen LogP contribution is -2.35. The van der Waals surface area contributed by atoms with E-state index in [1.807, 2.05) is 0 Å². The highest BCUT2D eigenvalue weighted by atomic mass is 32.2. The van der Waals surface area contributed by atoms with Crippen molar-refractivity contribution in [2.45, 2.75) is 74.8 Å². The number of hydrogen-bond donors (Lipinski definition) is 0. The molecular weight excluding hydrogens is 272 g/mol. The SMILES string of the molecule is CC1CC2OC2CC1C(=O)OC(C)C1CCC2SC2C1. The van der Waals surface area contributed by atoms with Crippen LogP contribution in [0.4, 0.5) is 0 Å². The molecule has 0 spiro atoms. The Hall–Kier alpha value is -0.220. The van der Waals surface area contributed by atoms with E-state index in [1.54, 1.807) is 0 Å². The Balaban J connectivity index is 1.32. The molecule has 4 fully saturated rings. The van der Waals surface area contributed by atoms with Crippen LogP contribution in [0.1, 0.15) is 46.0 Å². The molecule has 20 heavy (non-hydrogen) atoms. The van der Waals surface area contributed by atoms with Gasteiger partial charge in [-0.3, -0.25) is 4.79 Å². The van der Waals surface area contributed by atoms with Gasteiger partial charge in [-0.05, 0) is 50.9 Å². The van der Waals surface area contributed by atoms with Gasteiger partial charge in [0, 0.05) is 10.5 Å². The summed E-state index contributed by atoms with van der Waals surface area (Å²) in [7, 11) is 0. The van der Waals surface area contributed by atoms with E-state index in [-0.39, 0.29) is 18.0 Å². The number of carbonyl (C=O) groups is 1. The number of hydrogen-bond acceptors (Lipinski definition) is 4. The summed E-state index contributed by atoms with van der Waals surface area (Å²) in [4.78, 5) is 12.4. The Morgan fingerprint density at radius 2 is 2.00 bits per heavy atom. The molecule has 3 nitrogen and oxygen atoms in total. The first-order valence-corrected chi connectivity index (χ1v) is 9.07. The van der Waals surface area contributed by atoms with Crippen LogP contribution in [0, 0.1) is 17.8 Å². The maximum atomic E-state index is 12.4. The van der Waals surface area contributed by atoms with Crippen LogP contribution in [0.25, 0.3) is 0 Å². The molecule has 0 aromatic heterocycles. The van der Waals surface area contributed by atoms with Gasteiger partial charge in [-0.15, -0.1) is 0 Å². The molecule has 2 aliphatic heterocycles. The molecule has 0 aromatic carbocycles. The van der Waals surface area contributed by atoms with Gasteiger partial charge in [0.1, 0.15) is 6.10 Å². The maximum absolute atomic E-state index is 12.4. The van der Waals surface area contributed by atoms with Crippen molar-refractivity contribution < 1.29 is 14.3 Å². The minimum absolute atomic E-state index is 0.0320. The van der Waals surface area contributed by atoms with E-state index in [0.29, 0.717) is 24.0 Å². The zero-order valence-electron chi connectivity index (χ0n) is 12.3. The summed E-state index contributed by atoms with van der Waals surface area (Å²) in [5.41, 5.74) is 0. The van der Waals surface area contributed by atoms with Crippen molar-refractivity contribution in [1.29, 1.82) is 0 Å². The fourth-order valence-electron chi connectivity index (χ4n) is 4.16. The summed E-state index contributed by atoms with van der Waals surface area (Å²) in [6.45, 7) is 4.26. The van der Waals surface area contributed by atoms with Gasteiger partial charge in [0.15, 0.2) is 0 Å². The fraction of sp³-hybridized carbons (Fsp3) is 0.938. The Labute approximate surface area is 125 Å². The molecular formula is C16H24O3S. The van der Waals surface area contributed by atoms with Crippen LogP contribution in [0.3, 0.4) is 0 Å². The van der Waals surface area contributed by atoms with E-state index in [0.717, 1.165) is 23.3 Å². The van der Waals surface area contributed by atoms with E-state index in [2.05, 4.69) is 25.6 Å². The second kappa shape index (κ2) is 4.91. The van der Waals surface area contributed by atoms with Crippen LogP contribution >= 0.6 is 11.8 Å². The molecule has 8 unspecified atom stereocenters. The number of rotatable bonds is 3. The lowest BCUT2D eigenvalue weighted by atomic mass is 9.80. The second-order valence-electron chi connectivity index (χ2n) is 7.20. The van der Waals surface area contributed by atoms with Gasteiger partial charge in [0.2, 0.25) is 0 Å². The summed E-state index contributed by atoms with van der Waals surface area (Å²) < 4.78 is 11.4. The fourth-order valence-corrected chi connectivity index (χ4v) is 5.40. The van der Waals surface area contributed by atoms with E-state index in [4.69, 9.17) is 9.47 Å². The summed E-state index contributed by atoms with van der Waals surface area (Å²) in [6.07, 6.45) is 6.58. The standard InChI is InChI=1S/C16H24O3S/c1-8-5-12-13(19-12)7-11(8)16(17)18-9(2)10-3-4-14-15(6-10)20-14/h8-15H,3-7H2,1-2H3. The van der Waals surface area contributed by atoms with Crippen LogP contribution in [0.15, 0.2) is 0 Å². The average molecular weight is 296 g/mol. The van der Waals surface area contributed by atoms with Crippen molar-refractivity contribution in [2.75, 3.05) is 0 Å². The molecule has 4 rings (SSSR count). The first-order chi connectivity index (χ1) is 9.61. The first kappa shape index (κ1) is 13.4. The highest BCUT2D eigenvalue weighted by Crippen LogP contribution is 2.53. The molecule has 0 amide bonds. The number of thioether (sulfide) groups is 1. The molecule has 2 heterocycles. The molecule has 8 atom stereocenters. The molecule has 0 N–H and O–H groups in total. The maximum Gasteiger partial charge on any atom is 0.309 e. The predicted molar refractivity (Wildman–Crippen MR) is 78.6 cm³/mol. The van der Waals surface area contributed by atoms with Crippen LogP contribution in [0.2, 0.25) is 0 Å². The van der Waals surface area contributed by atoms with Crippen molar-refractivity contribution in [3.8, 4) is 0 Å². The molecule has 112 valence electrons. The number of epoxide rings is 1. The van der Waals surface area contributed by atoms with Gasteiger partial charge in [0.25, 0.3) is 0 Å². The lowest BCUT2D eigenvalue weighted by molar-refractivity contribution is -0.159. The molecule has 0 radical (unpaired) electrons. The van der Waals surface area contributed by atoms with Gasteiger partial charge in [0.05, 0.1) is 18.1 Å². The molecule has 2 aliphatic carbocycles. The Bertz CT molecular complexity index is 413. The first-order valence-electron chi connectivity index (χ1n) is 8.13. The Kier molecular flexibility index (Phi) is 3.30. The van der Waals surface area contributed by atoms with Crippen molar-refractivity contribution in [1.82, 2.24) is 0 Å². The quantitative estimate of drug-likeness (QED) is 0.593. The zero-order chi connectivity index (χ0) is 13.9. The molecule has 4 heteroatoms. The smallest absolute Gasteiger partial charge is 0.309 e. The van der Waals surface area contributed by atoms with Crippen molar-refractivity contribution in [3.63, 3.8) is 0 Å². The molecule has 0 bridgehead atoms. The van der Waals surface area contributed by atoms with Crippen LogP contribution < -0.4 is 0 Å². The minimum atomic E-state index is 0.0320. The Morgan fingerprint density at radius 3 is 2.80 bits per heavy atom. The minimum Gasteiger partial charge on any atom is -0.462 e. The van der Waals surface area contributed by atoms with Crippen LogP contribution in [0.5, 0.6) is 0 Å². The summed E-state index contributed by atoms with van der Waals surface area (Å²) in [5.74, 6) is 1.09. The third kappa shape index (κ3) is 2.50. The van der Waals surface area contributed by atoms with Crippen molar-refractivity contribution >= 4 is 17.7 Å². The van der Waals surface area contributed by atoms with E-state index in [9.17, 15) is 4.79 Å². The summed E-state index contributed by atoms with van der Waals surface area (Å²) >= 11 is 2.12. The predicted octanol–water partition coefficient (Wildman–Crippen LogP) is 3.02. The number of carbonyl (C=O) groups excluding carboxylic acids is 1. The normalized spacial score (nSPS) is 50.6. The van der Waals surface area contributed by atoms with E-state index < -0.39 is 0 Å². The zero-order valence-corrected chi connectivity index (χ0v) is 13.1. The summed E-state index contributed by atoms with van der Waals surface area (Å²) in [5, 5.41) is 1.79. The third-order valence-corrected chi connectivity index (χ3v) is 7.25. The largest absolute Gasteiger partial charge is 0.462 e. The van der Waals surface area contributed by atoms with E-state index >= 15 is 0 Å². The number of ether oxygens (including phenoxy) is 2. The third-order valence-electron chi connectivity index (χ3n) is 5.78. The van der Waals surface area contributed by atoms with Crippen molar-refractivity contribution in [3.05, 3.63) is 0 Å². The highest BCUT2D eigenvalue weighted by molar-refractivity contribution is 8.07. The second-order valence-corrected chi connectivity index (χ2v) is 8.68. The van der Waals surface area contributed by atoms with Gasteiger partial charge >= 0.3 is 5.97 Å². The van der Waals surface area contributed by atoms with Crippen LogP contribution in [-0.2, 0) is 14.3 Å². The van der Waals surface area contributed by atoms with Crippen LogP contribution in [-0.4, -0.2) is 34.8 Å². The topological polar surface area (TPSA) is 38.8 Å². The number of fused-ring (bicyclic) bond motifs is 2. The monoisotopic (exact) mass is 296 g/mol. The highest BCUT2D eigenvalue weighted by Gasteiger charge is 2.50. The molecule has 2 saturated carbocycles. The molecule has 2 saturated heterocycles. The van der Waals surface area contributed by atoms with Gasteiger partial charge in [-0.25, -0.2) is 0 Å². The lowest BCUT2D eigenvalue weighted by Gasteiger charge is -2.30. The van der Waals surface area contributed by atoms with Gasteiger partial charge in [-0.2, -0.15) is 11.8 Å². The van der Waals surface area contributed by atoms with Gasteiger partial charge in [-0.1, -0.05) is 6.92 Å². The van der Waals surface area contributed by atoms with Gasteiger partial charge < -0.3 is 9.47 Å². The summed E-state index contributed by atoms with van der Waals surface area (Å²) in [6, 6.07) is 0. The molecule has 4 aliphatic rings. The molecule has 0 aromatic rings. The average Bonchev–Trinajstić information content (AvgIpc) is 3.30.